The lowest BCUT2D eigenvalue weighted by Crippen LogP contribution is -2.26. The number of non-ortho nitro benzene ring substituents is 1. The number of hydrogen-bond acceptors (Lipinski definition) is 6. The molecule has 2 amide bonds. The predicted octanol–water partition coefficient (Wildman–Crippen LogP) is 3.11. The number of nitrogens with zero attached hydrogens (tertiary/aromatic N) is 2. The average molecular weight is 398 g/mol. The van der Waals surface area contributed by atoms with E-state index in [0.717, 1.165) is 5.56 Å². The molecule has 0 aromatic heterocycles. The van der Waals surface area contributed by atoms with Crippen LogP contribution in [0, 0.1) is 24.0 Å². The zero-order chi connectivity index (χ0) is 21.4. The summed E-state index contributed by atoms with van der Waals surface area (Å²) in [7, 11) is 0. The maximum atomic E-state index is 12.1. The molecule has 0 radical (unpaired) electrons. The van der Waals surface area contributed by atoms with Gasteiger partial charge >= 0.3 is 0 Å². The van der Waals surface area contributed by atoms with Crippen LogP contribution in [0.4, 0.5) is 11.4 Å². The topological polar surface area (TPSA) is 123 Å². The molecule has 0 heterocycles. The molecule has 0 aliphatic rings. The lowest BCUT2D eigenvalue weighted by molar-refractivity contribution is -0.384. The molecule has 2 aromatic rings. The summed E-state index contributed by atoms with van der Waals surface area (Å²) in [5.74, 6) is -0.252. The average Bonchev–Trinajstić information content (AvgIpc) is 2.67. The van der Waals surface area contributed by atoms with Gasteiger partial charge in [0.25, 0.3) is 11.6 Å². The lowest BCUT2D eigenvalue weighted by Gasteiger charge is -2.09. The molecule has 2 N–H and O–H groups in total. The summed E-state index contributed by atoms with van der Waals surface area (Å²) >= 11 is 0. The fraction of sp³-hybridized carbons (Fsp3) is 0.250. The number of nitrogens with one attached hydrogen (secondary N) is 2. The van der Waals surface area contributed by atoms with Crippen molar-refractivity contribution < 1.29 is 19.2 Å². The van der Waals surface area contributed by atoms with Gasteiger partial charge in [0.15, 0.2) is 6.61 Å². The van der Waals surface area contributed by atoms with Gasteiger partial charge in [0, 0.05) is 17.8 Å². The Bertz CT molecular complexity index is 956. The number of hydrogen-bond donors (Lipinski definition) is 2. The van der Waals surface area contributed by atoms with Crippen molar-refractivity contribution in [2.24, 2.45) is 5.10 Å². The third-order valence-corrected chi connectivity index (χ3v) is 3.95. The molecule has 0 aliphatic heterocycles. The van der Waals surface area contributed by atoms with Crippen LogP contribution in [0.25, 0.3) is 0 Å². The van der Waals surface area contributed by atoms with Crippen molar-refractivity contribution in [1.29, 1.82) is 0 Å². The Balaban J connectivity index is 1.85. The van der Waals surface area contributed by atoms with Crippen LogP contribution in [0.2, 0.25) is 0 Å². The first kappa shape index (κ1) is 21.5. The Morgan fingerprint density at radius 1 is 1.10 bits per heavy atom. The number of amides is 2. The number of ether oxygens (including phenoxy) is 1. The number of carbonyl (C=O) groups is 2. The monoisotopic (exact) mass is 398 g/mol. The van der Waals surface area contributed by atoms with Crippen molar-refractivity contribution >= 4 is 28.9 Å². The van der Waals surface area contributed by atoms with Gasteiger partial charge in [-0.1, -0.05) is 24.3 Å². The summed E-state index contributed by atoms with van der Waals surface area (Å²) in [5.41, 5.74) is 4.55. The first-order chi connectivity index (χ1) is 13.8. The molecule has 0 aliphatic carbocycles. The first-order valence-corrected chi connectivity index (χ1v) is 8.81. The molecule has 0 bridgehead atoms. The zero-order valence-electron chi connectivity index (χ0n) is 16.4. The summed E-state index contributed by atoms with van der Waals surface area (Å²) in [6.07, 6.45) is -0.0823. The molecule has 29 heavy (non-hydrogen) atoms. The van der Waals surface area contributed by atoms with Crippen LogP contribution in [0.5, 0.6) is 5.75 Å². The minimum absolute atomic E-state index is 0.0823. The molecule has 0 fully saturated rings. The Kier molecular flexibility index (Phi) is 7.41. The van der Waals surface area contributed by atoms with Crippen LogP contribution in [-0.2, 0) is 9.59 Å². The molecular formula is C20H22N4O5. The maximum absolute atomic E-state index is 12.1. The first-order valence-electron chi connectivity index (χ1n) is 8.81. The van der Waals surface area contributed by atoms with E-state index >= 15 is 0 Å². The van der Waals surface area contributed by atoms with Crippen LogP contribution in [0.3, 0.4) is 0 Å². The molecular weight excluding hydrogens is 376 g/mol. The minimum Gasteiger partial charge on any atom is -0.483 e. The SMILES string of the molecule is C/C(CC(=O)Nc1cc([N+](=O)[O-])ccc1C)=N\NC(=O)COc1ccccc1C. The highest BCUT2D eigenvalue weighted by Crippen LogP contribution is 2.22. The van der Waals surface area contributed by atoms with Crippen molar-refractivity contribution in [1.82, 2.24) is 5.43 Å². The van der Waals surface area contributed by atoms with E-state index in [1.165, 1.54) is 12.1 Å². The number of benzene rings is 2. The van der Waals surface area contributed by atoms with Crippen molar-refractivity contribution in [2.75, 3.05) is 11.9 Å². The summed E-state index contributed by atoms with van der Waals surface area (Å²) in [6, 6.07) is 11.5. The van der Waals surface area contributed by atoms with Gasteiger partial charge in [-0.25, -0.2) is 5.43 Å². The molecule has 0 spiro atoms. The van der Waals surface area contributed by atoms with E-state index in [0.29, 0.717) is 22.7 Å². The van der Waals surface area contributed by atoms with Gasteiger partial charge in [0.1, 0.15) is 5.75 Å². The van der Waals surface area contributed by atoms with E-state index in [2.05, 4.69) is 15.8 Å². The van der Waals surface area contributed by atoms with Crippen LogP contribution in [-0.4, -0.2) is 29.1 Å². The normalized spacial score (nSPS) is 10.9. The van der Waals surface area contributed by atoms with Crippen LogP contribution < -0.4 is 15.5 Å². The standard InChI is InChI=1S/C20H22N4O5/c1-13-8-9-16(24(27)28)11-17(13)21-19(25)10-15(3)22-23-20(26)12-29-18-7-5-4-6-14(18)2/h4-9,11H,10,12H2,1-3H3,(H,21,25)(H,23,26)/b22-15+. The second-order valence-electron chi connectivity index (χ2n) is 6.42. The quantitative estimate of drug-likeness (QED) is 0.402. The summed E-state index contributed by atoms with van der Waals surface area (Å²) < 4.78 is 5.42. The number of rotatable bonds is 8. The molecule has 152 valence electrons. The van der Waals surface area contributed by atoms with Crippen molar-refractivity contribution in [2.45, 2.75) is 27.2 Å². The number of carbonyl (C=O) groups excluding carboxylic acids is 2. The maximum Gasteiger partial charge on any atom is 0.277 e. The van der Waals surface area contributed by atoms with Gasteiger partial charge < -0.3 is 10.1 Å². The molecule has 0 unspecified atom stereocenters. The van der Waals surface area contributed by atoms with Crippen molar-refractivity contribution in [3.63, 3.8) is 0 Å². The van der Waals surface area contributed by atoms with E-state index in [-0.39, 0.29) is 18.7 Å². The lowest BCUT2D eigenvalue weighted by atomic mass is 10.1. The number of nitro groups is 1. The number of hydrazone groups is 1. The van der Waals surface area contributed by atoms with E-state index in [4.69, 9.17) is 4.74 Å². The van der Waals surface area contributed by atoms with Gasteiger partial charge in [-0.05, 0) is 38.0 Å². The molecule has 0 saturated heterocycles. The zero-order valence-corrected chi connectivity index (χ0v) is 16.4. The summed E-state index contributed by atoms with van der Waals surface area (Å²) in [4.78, 5) is 34.3. The molecule has 9 nitrogen and oxygen atoms in total. The van der Waals surface area contributed by atoms with Gasteiger partial charge in [-0.3, -0.25) is 19.7 Å². The Morgan fingerprint density at radius 2 is 1.83 bits per heavy atom. The minimum atomic E-state index is -0.531. The molecule has 2 aromatic carbocycles. The molecule has 9 heteroatoms. The summed E-state index contributed by atoms with van der Waals surface area (Å²) in [6.45, 7) is 4.98. The van der Waals surface area contributed by atoms with Gasteiger partial charge in [-0.15, -0.1) is 0 Å². The van der Waals surface area contributed by atoms with Crippen LogP contribution >= 0.6 is 0 Å². The number of aryl methyl sites for hydroxylation is 2. The Labute approximate surface area is 167 Å². The third-order valence-electron chi connectivity index (χ3n) is 3.95. The number of para-hydroxylation sites is 1. The van der Waals surface area contributed by atoms with E-state index < -0.39 is 16.7 Å². The van der Waals surface area contributed by atoms with Gasteiger partial charge in [0.2, 0.25) is 5.91 Å². The highest BCUT2D eigenvalue weighted by Gasteiger charge is 2.12. The Morgan fingerprint density at radius 3 is 2.52 bits per heavy atom. The van der Waals surface area contributed by atoms with Gasteiger partial charge in [-0.2, -0.15) is 5.10 Å². The highest BCUT2D eigenvalue weighted by molar-refractivity contribution is 6.06. The predicted molar refractivity (Wildman–Crippen MR) is 109 cm³/mol. The summed E-state index contributed by atoms with van der Waals surface area (Å²) in [5, 5.41) is 17.4. The van der Waals surface area contributed by atoms with Crippen molar-refractivity contribution in [3.8, 4) is 5.75 Å². The number of anilines is 1. The van der Waals surface area contributed by atoms with E-state index in [9.17, 15) is 19.7 Å². The molecule has 0 atom stereocenters. The van der Waals surface area contributed by atoms with Crippen molar-refractivity contribution in [3.05, 3.63) is 63.7 Å². The largest absolute Gasteiger partial charge is 0.483 e. The fourth-order valence-electron chi connectivity index (χ4n) is 2.38. The second-order valence-corrected chi connectivity index (χ2v) is 6.42. The fourth-order valence-corrected chi connectivity index (χ4v) is 2.38. The molecule has 0 saturated carbocycles. The third kappa shape index (κ3) is 6.73. The van der Waals surface area contributed by atoms with Gasteiger partial charge in [0.05, 0.1) is 17.0 Å². The van der Waals surface area contributed by atoms with E-state index in [1.807, 2.05) is 25.1 Å². The highest BCUT2D eigenvalue weighted by atomic mass is 16.6. The second kappa shape index (κ2) is 9.98. The Hall–Kier alpha value is -3.75. The van der Waals surface area contributed by atoms with Crippen LogP contribution in [0.1, 0.15) is 24.5 Å². The smallest absolute Gasteiger partial charge is 0.277 e. The van der Waals surface area contributed by atoms with Crippen LogP contribution in [0.15, 0.2) is 47.6 Å². The number of nitro benzene ring substituents is 1. The molecule has 2 rings (SSSR count). The van der Waals surface area contributed by atoms with E-state index in [1.54, 1.807) is 26.0 Å².